The lowest BCUT2D eigenvalue weighted by Crippen LogP contribution is -2.48. The molecule has 0 radical (unpaired) electrons. The summed E-state index contributed by atoms with van der Waals surface area (Å²) in [5.74, 6) is -0.134. The van der Waals surface area contributed by atoms with E-state index in [0.717, 1.165) is 44.9 Å². The minimum absolute atomic E-state index is 0.0973. The normalized spacial score (nSPS) is 22.5. The zero-order valence-electron chi connectivity index (χ0n) is 27.9. The van der Waals surface area contributed by atoms with E-state index < -0.39 is 6.04 Å². The van der Waals surface area contributed by atoms with Gasteiger partial charge in [0.25, 0.3) is 11.8 Å². The lowest BCUT2D eigenvalue weighted by Gasteiger charge is -2.36. The smallest absolute Gasteiger partial charge is 0.319 e. The van der Waals surface area contributed by atoms with Gasteiger partial charge in [0.1, 0.15) is 5.75 Å². The number of carbonyl (C=O) groups is 3. The van der Waals surface area contributed by atoms with Crippen molar-refractivity contribution >= 4 is 23.5 Å². The number of likely N-dealkylation sites (N-methyl/N-ethyl adjacent to an activating group) is 1. The van der Waals surface area contributed by atoms with Gasteiger partial charge >= 0.3 is 6.03 Å². The summed E-state index contributed by atoms with van der Waals surface area (Å²) in [5, 5.41) is 16.2. The zero-order valence-corrected chi connectivity index (χ0v) is 27.9. The number of ether oxygens (including phenoxy) is 2. The molecule has 10 nitrogen and oxygen atoms in total. The van der Waals surface area contributed by atoms with Crippen LogP contribution in [0.1, 0.15) is 92.9 Å². The van der Waals surface area contributed by atoms with E-state index in [2.05, 4.69) is 10.6 Å². The van der Waals surface area contributed by atoms with Crippen LogP contribution in [0, 0.1) is 5.92 Å². The number of aliphatic hydroxyl groups is 1. The topological polar surface area (TPSA) is 120 Å². The van der Waals surface area contributed by atoms with Crippen molar-refractivity contribution in [3.8, 4) is 5.75 Å². The quantitative estimate of drug-likeness (QED) is 0.358. The summed E-state index contributed by atoms with van der Waals surface area (Å²) in [7, 11) is 1.77. The Kier molecular flexibility index (Phi) is 13.3. The lowest BCUT2D eigenvalue weighted by molar-refractivity contribution is -0.0149. The second-order valence-corrected chi connectivity index (χ2v) is 13.0. The third kappa shape index (κ3) is 9.93. The van der Waals surface area contributed by atoms with Gasteiger partial charge in [-0.3, -0.25) is 9.59 Å². The number of carbonyl (C=O) groups excluding carboxylic acids is 3. The van der Waals surface area contributed by atoms with Crippen LogP contribution in [0.4, 0.5) is 10.5 Å². The number of benzene rings is 2. The standard InChI is InChI=1S/C36H52N4O6/c1-25-22-40(26(2)24-41)35(43)31-21-30(38-36(44)37-29-16-9-6-10-17-29)18-19-32(31)46-27(3)13-11-12-20-45-33(25)23-39(4)34(42)28-14-7-5-8-15-28/h5,7-8,14-15,18-19,21,25-27,29,33,41H,6,9-13,16-17,20,22-24H2,1-4H3,(H2,37,38,44)/t25-,26+,27-,33+/m1/s1. The van der Waals surface area contributed by atoms with Crippen LogP contribution in [0.15, 0.2) is 48.5 Å². The van der Waals surface area contributed by atoms with E-state index in [1.807, 2.05) is 32.0 Å². The molecule has 0 bridgehead atoms. The highest BCUT2D eigenvalue weighted by atomic mass is 16.5. The van der Waals surface area contributed by atoms with Crippen molar-refractivity contribution < 1.29 is 29.0 Å². The van der Waals surface area contributed by atoms with Gasteiger partial charge in [0, 0.05) is 50.0 Å². The molecule has 1 fully saturated rings. The van der Waals surface area contributed by atoms with E-state index in [9.17, 15) is 19.5 Å². The molecule has 2 aromatic rings. The first-order valence-electron chi connectivity index (χ1n) is 16.9. The summed E-state index contributed by atoms with van der Waals surface area (Å²) in [5.41, 5.74) is 1.41. The first-order valence-corrected chi connectivity index (χ1v) is 16.9. The highest BCUT2D eigenvalue weighted by Crippen LogP contribution is 2.29. The molecule has 1 aliphatic heterocycles. The van der Waals surface area contributed by atoms with Gasteiger partial charge in [-0.2, -0.15) is 0 Å². The summed E-state index contributed by atoms with van der Waals surface area (Å²) < 4.78 is 12.7. The Morgan fingerprint density at radius 1 is 1.02 bits per heavy atom. The Labute approximate surface area is 273 Å². The molecule has 1 saturated carbocycles. The Bertz CT molecular complexity index is 1280. The van der Waals surface area contributed by atoms with E-state index in [1.54, 1.807) is 54.1 Å². The number of fused-ring (bicyclic) bond motifs is 1. The van der Waals surface area contributed by atoms with Crippen molar-refractivity contribution in [1.29, 1.82) is 0 Å². The third-order valence-corrected chi connectivity index (χ3v) is 9.07. The summed E-state index contributed by atoms with van der Waals surface area (Å²) >= 11 is 0. The molecule has 0 aromatic heterocycles. The number of hydrogen-bond acceptors (Lipinski definition) is 6. The molecule has 252 valence electrons. The average molecular weight is 637 g/mol. The number of hydrogen-bond donors (Lipinski definition) is 3. The van der Waals surface area contributed by atoms with Gasteiger partial charge in [0.05, 0.1) is 30.4 Å². The van der Waals surface area contributed by atoms with Crippen LogP contribution >= 0.6 is 0 Å². The summed E-state index contributed by atoms with van der Waals surface area (Å²) in [4.78, 5) is 43.7. The van der Waals surface area contributed by atoms with Crippen molar-refractivity contribution in [3.05, 3.63) is 59.7 Å². The fourth-order valence-electron chi connectivity index (χ4n) is 6.22. The summed E-state index contributed by atoms with van der Waals surface area (Å²) in [6.45, 7) is 6.72. The van der Waals surface area contributed by atoms with Crippen molar-refractivity contribution in [1.82, 2.24) is 15.1 Å². The van der Waals surface area contributed by atoms with E-state index >= 15 is 0 Å². The third-order valence-electron chi connectivity index (χ3n) is 9.07. The predicted octanol–water partition coefficient (Wildman–Crippen LogP) is 5.71. The number of anilines is 1. The van der Waals surface area contributed by atoms with Crippen molar-refractivity contribution in [3.63, 3.8) is 0 Å². The molecule has 0 unspecified atom stereocenters. The van der Waals surface area contributed by atoms with Gasteiger partial charge in [0.2, 0.25) is 0 Å². The molecule has 2 aromatic carbocycles. The van der Waals surface area contributed by atoms with E-state index in [4.69, 9.17) is 9.47 Å². The molecular formula is C36H52N4O6. The number of rotatable bonds is 7. The molecule has 0 spiro atoms. The minimum atomic E-state index is -0.497. The Hall–Kier alpha value is -3.63. The number of nitrogens with zero attached hydrogens (tertiary/aromatic N) is 2. The molecule has 1 heterocycles. The number of nitrogens with one attached hydrogen (secondary N) is 2. The lowest BCUT2D eigenvalue weighted by atomic mass is 9.96. The van der Waals surface area contributed by atoms with Crippen molar-refractivity contribution in [2.24, 2.45) is 5.92 Å². The molecule has 2 aliphatic rings. The Morgan fingerprint density at radius 3 is 2.46 bits per heavy atom. The number of aliphatic hydroxyl groups excluding tert-OH is 1. The maximum absolute atomic E-state index is 14.3. The largest absolute Gasteiger partial charge is 0.490 e. The predicted molar refractivity (Wildman–Crippen MR) is 179 cm³/mol. The first-order chi connectivity index (χ1) is 22.2. The Balaban J connectivity index is 1.58. The fraction of sp³-hybridized carbons (Fsp3) is 0.583. The van der Waals surface area contributed by atoms with Crippen LogP contribution in [0.25, 0.3) is 0 Å². The van der Waals surface area contributed by atoms with Crippen LogP contribution in [-0.4, -0.2) is 90.4 Å². The van der Waals surface area contributed by atoms with E-state index in [1.165, 1.54) is 6.42 Å². The van der Waals surface area contributed by atoms with Gasteiger partial charge < -0.3 is 35.0 Å². The van der Waals surface area contributed by atoms with Gasteiger partial charge in [-0.1, -0.05) is 44.4 Å². The second kappa shape index (κ2) is 17.3. The van der Waals surface area contributed by atoms with Crippen LogP contribution in [-0.2, 0) is 4.74 Å². The van der Waals surface area contributed by atoms with E-state index in [-0.39, 0.29) is 55.2 Å². The van der Waals surface area contributed by atoms with Crippen LogP contribution < -0.4 is 15.4 Å². The molecule has 4 rings (SSSR count). The molecule has 1 aliphatic carbocycles. The van der Waals surface area contributed by atoms with Crippen molar-refractivity contribution in [2.45, 2.75) is 96.4 Å². The molecule has 0 saturated heterocycles. The maximum Gasteiger partial charge on any atom is 0.319 e. The highest BCUT2D eigenvalue weighted by molar-refractivity contribution is 5.99. The monoisotopic (exact) mass is 636 g/mol. The summed E-state index contributed by atoms with van der Waals surface area (Å²) in [6, 6.07) is 13.7. The van der Waals surface area contributed by atoms with Gasteiger partial charge in [-0.15, -0.1) is 0 Å². The zero-order chi connectivity index (χ0) is 33.1. The molecular weight excluding hydrogens is 584 g/mol. The van der Waals surface area contributed by atoms with Crippen LogP contribution in [0.3, 0.4) is 0 Å². The minimum Gasteiger partial charge on any atom is -0.490 e. The van der Waals surface area contributed by atoms with Crippen LogP contribution in [0.5, 0.6) is 5.75 Å². The molecule has 46 heavy (non-hydrogen) atoms. The SMILES string of the molecule is C[C@@H]1CCCCO[C@@H](CN(C)C(=O)c2ccccc2)[C@H](C)CN([C@@H](C)CO)C(=O)c2cc(NC(=O)NC3CCCCC3)ccc2O1. The molecule has 3 N–H and O–H groups in total. The van der Waals surface area contributed by atoms with Crippen LogP contribution in [0.2, 0.25) is 0 Å². The fourth-order valence-corrected chi connectivity index (χ4v) is 6.22. The highest BCUT2D eigenvalue weighted by Gasteiger charge is 2.31. The first kappa shape index (κ1) is 35.2. The molecule has 10 heteroatoms. The average Bonchev–Trinajstić information content (AvgIpc) is 3.06. The molecule has 4 atom stereocenters. The van der Waals surface area contributed by atoms with Gasteiger partial charge in [-0.25, -0.2) is 4.79 Å². The van der Waals surface area contributed by atoms with Gasteiger partial charge in [-0.05, 0) is 76.3 Å². The Morgan fingerprint density at radius 2 is 1.74 bits per heavy atom. The van der Waals surface area contributed by atoms with Gasteiger partial charge in [0.15, 0.2) is 0 Å². The summed E-state index contributed by atoms with van der Waals surface area (Å²) in [6.07, 6.45) is 7.32. The number of urea groups is 1. The number of amides is 4. The van der Waals surface area contributed by atoms with Crippen molar-refractivity contribution in [2.75, 3.05) is 38.7 Å². The second-order valence-electron chi connectivity index (χ2n) is 13.0. The van der Waals surface area contributed by atoms with E-state index in [0.29, 0.717) is 35.7 Å². The molecule has 4 amide bonds. The maximum atomic E-state index is 14.3.